The molecule has 3 fully saturated rings. The van der Waals surface area contributed by atoms with Crippen LogP contribution in [0.2, 0.25) is 0 Å². The fourth-order valence-electron chi connectivity index (χ4n) is 5.56. The highest BCUT2D eigenvalue weighted by Crippen LogP contribution is 2.43. The number of likely N-dealkylation sites (tertiary alicyclic amines) is 1. The van der Waals surface area contributed by atoms with Crippen molar-refractivity contribution in [3.05, 3.63) is 48.0 Å². The van der Waals surface area contributed by atoms with Gasteiger partial charge in [0.2, 0.25) is 5.88 Å². The second-order valence-corrected chi connectivity index (χ2v) is 10.6. The maximum Gasteiger partial charge on any atom is 0.254 e. The van der Waals surface area contributed by atoms with Gasteiger partial charge in [0.15, 0.2) is 0 Å². The molecule has 4 aromatic rings. The van der Waals surface area contributed by atoms with Gasteiger partial charge in [-0.3, -0.25) is 14.9 Å². The van der Waals surface area contributed by atoms with Crippen LogP contribution in [0.3, 0.4) is 0 Å². The number of hydrogen-bond donors (Lipinski definition) is 2. The van der Waals surface area contributed by atoms with Gasteiger partial charge >= 0.3 is 0 Å². The van der Waals surface area contributed by atoms with Crippen LogP contribution >= 0.6 is 0 Å². The zero-order valence-electron chi connectivity index (χ0n) is 20.7. The van der Waals surface area contributed by atoms with Crippen molar-refractivity contribution in [2.75, 3.05) is 26.3 Å². The Bertz CT molecular complexity index is 1520. The molecule has 2 aliphatic heterocycles. The van der Waals surface area contributed by atoms with E-state index >= 15 is 0 Å². The lowest BCUT2D eigenvalue weighted by Crippen LogP contribution is -2.59. The molecule has 1 amide bonds. The minimum absolute atomic E-state index is 0.170. The standard InChI is InChI=1S/C28H29N5O4/c1-16-10-18(2-7-29-16)24-21-11-19-13-30-32-23(19)12-22(21)26(31-25(24)17-3-8-36-9-4-17)37-20-14-33(15-20)27(34)28(35)5-6-28/h2,7,10-13,17,20,35H,3-6,8-9,14-15H2,1H3,(H,30,32). The number of amides is 1. The highest BCUT2D eigenvalue weighted by atomic mass is 16.5. The van der Waals surface area contributed by atoms with Gasteiger partial charge in [-0.2, -0.15) is 5.10 Å². The van der Waals surface area contributed by atoms with Crippen molar-refractivity contribution in [3.63, 3.8) is 0 Å². The smallest absolute Gasteiger partial charge is 0.254 e. The van der Waals surface area contributed by atoms with Crippen LogP contribution in [-0.2, 0) is 9.53 Å². The van der Waals surface area contributed by atoms with E-state index in [4.69, 9.17) is 14.5 Å². The lowest BCUT2D eigenvalue weighted by atomic mass is 9.87. The molecule has 9 heteroatoms. The lowest BCUT2D eigenvalue weighted by Gasteiger charge is -2.40. The molecule has 190 valence electrons. The molecule has 3 aromatic heterocycles. The number of fused-ring (bicyclic) bond motifs is 2. The third-order valence-electron chi connectivity index (χ3n) is 7.88. The van der Waals surface area contributed by atoms with Crippen LogP contribution in [0.5, 0.6) is 5.88 Å². The van der Waals surface area contributed by atoms with Gasteiger partial charge in [-0.25, -0.2) is 4.98 Å². The maximum absolute atomic E-state index is 12.5. The summed E-state index contributed by atoms with van der Waals surface area (Å²) in [4.78, 5) is 23.8. The van der Waals surface area contributed by atoms with Crippen LogP contribution in [0.4, 0.5) is 0 Å². The molecule has 0 radical (unpaired) electrons. The molecular formula is C28H29N5O4. The number of rotatable bonds is 5. The first kappa shape index (κ1) is 22.6. The largest absolute Gasteiger partial charge is 0.470 e. The Labute approximate surface area is 213 Å². The topological polar surface area (TPSA) is 113 Å². The summed E-state index contributed by atoms with van der Waals surface area (Å²) in [5.74, 6) is 0.632. The van der Waals surface area contributed by atoms with Gasteiger partial charge in [-0.05, 0) is 67.8 Å². The summed E-state index contributed by atoms with van der Waals surface area (Å²) >= 11 is 0. The Hall–Kier alpha value is -3.56. The molecule has 37 heavy (non-hydrogen) atoms. The number of aliphatic hydroxyl groups is 1. The molecule has 0 bridgehead atoms. The molecule has 0 unspecified atom stereocenters. The molecule has 2 saturated heterocycles. The minimum atomic E-state index is -1.15. The number of carbonyl (C=O) groups excluding carboxylic acids is 1. The summed E-state index contributed by atoms with van der Waals surface area (Å²) in [5.41, 5.74) is 3.91. The van der Waals surface area contributed by atoms with E-state index in [1.807, 2.05) is 25.4 Å². The number of aryl methyl sites for hydroxylation is 1. The van der Waals surface area contributed by atoms with E-state index in [2.05, 4.69) is 33.4 Å². The molecule has 0 atom stereocenters. The number of aromatic amines is 1. The Balaban J connectivity index is 1.35. The Morgan fingerprint density at radius 2 is 2.00 bits per heavy atom. The first-order valence-electron chi connectivity index (χ1n) is 13.0. The Kier molecular flexibility index (Phi) is 5.19. The van der Waals surface area contributed by atoms with Crippen LogP contribution in [-0.4, -0.2) is 74.1 Å². The number of benzene rings is 1. The van der Waals surface area contributed by atoms with Crippen LogP contribution in [0, 0.1) is 6.92 Å². The maximum atomic E-state index is 12.5. The number of aromatic nitrogens is 4. The molecule has 5 heterocycles. The van der Waals surface area contributed by atoms with E-state index in [-0.39, 0.29) is 17.9 Å². The highest BCUT2D eigenvalue weighted by molar-refractivity contribution is 6.06. The molecule has 1 saturated carbocycles. The van der Waals surface area contributed by atoms with Crippen LogP contribution < -0.4 is 4.74 Å². The predicted molar refractivity (Wildman–Crippen MR) is 137 cm³/mol. The van der Waals surface area contributed by atoms with Gasteiger partial charge in [0.25, 0.3) is 5.91 Å². The van der Waals surface area contributed by atoms with Gasteiger partial charge in [0, 0.05) is 47.4 Å². The van der Waals surface area contributed by atoms with Crippen molar-refractivity contribution in [1.82, 2.24) is 25.1 Å². The number of nitrogens with one attached hydrogen (secondary N) is 1. The van der Waals surface area contributed by atoms with E-state index in [1.165, 1.54) is 0 Å². The number of pyridine rings is 2. The van der Waals surface area contributed by atoms with Crippen molar-refractivity contribution in [1.29, 1.82) is 0 Å². The van der Waals surface area contributed by atoms with E-state index < -0.39 is 5.60 Å². The minimum Gasteiger partial charge on any atom is -0.470 e. The summed E-state index contributed by atoms with van der Waals surface area (Å²) in [7, 11) is 0. The van der Waals surface area contributed by atoms with Gasteiger partial charge in [-0.15, -0.1) is 0 Å². The van der Waals surface area contributed by atoms with Crippen LogP contribution in [0.15, 0.2) is 36.7 Å². The number of hydrogen-bond acceptors (Lipinski definition) is 7. The fourth-order valence-corrected chi connectivity index (χ4v) is 5.56. The summed E-state index contributed by atoms with van der Waals surface area (Å²) < 4.78 is 12.2. The molecule has 3 aliphatic rings. The Morgan fingerprint density at radius 1 is 1.19 bits per heavy atom. The molecule has 7 rings (SSSR count). The van der Waals surface area contributed by atoms with Gasteiger partial charge < -0.3 is 19.5 Å². The zero-order chi connectivity index (χ0) is 25.1. The zero-order valence-corrected chi connectivity index (χ0v) is 20.7. The second-order valence-electron chi connectivity index (χ2n) is 10.6. The van der Waals surface area contributed by atoms with Crippen molar-refractivity contribution >= 4 is 27.6 Å². The van der Waals surface area contributed by atoms with E-state index in [0.29, 0.717) is 45.0 Å². The van der Waals surface area contributed by atoms with Crippen molar-refractivity contribution in [3.8, 4) is 17.0 Å². The van der Waals surface area contributed by atoms with Gasteiger partial charge in [-0.1, -0.05) is 0 Å². The normalized spacial score (nSPS) is 19.8. The average Bonchev–Trinajstić information content (AvgIpc) is 3.47. The SMILES string of the molecule is Cc1cc(-c2c(C3CCOCC3)nc(OC3CN(C(=O)C4(O)CC4)C3)c3cc4[nH]ncc4cc23)ccn1. The lowest BCUT2D eigenvalue weighted by molar-refractivity contribution is -0.151. The van der Waals surface area contributed by atoms with Crippen LogP contribution in [0.25, 0.3) is 32.8 Å². The summed E-state index contributed by atoms with van der Waals surface area (Å²) in [6.45, 7) is 4.32. The molecule has 1 aliphatic carbocycles. The summed E-state index contributed by atoms with van der Waals surface area (Å²) in [6.07, 6.45) is 6.40. The first-order valence-corrected chi connectivity index (χ1v) is 13.0. The highest BCUT2D eigenvalue weighted by Gasteiger charge is 2.52. The number of nitrogens with zero attached hydrogens (tertiary/aromatic N) is 4. The van der Waals surface area contributed by atoms with E-state index in [0.717, 1.165) is 57.0 Å². The molecule has 2 N–H and O–H groups in total. The van der Waals surface area contributed by atoms with E-state index in [9.17, 15) is 9.90 Å². The molecule has 1 aromatic carbocycles. The predicted octanol–water partition coefficient (Wildman–Crippen LogP) is 3.49. The third-order valence-corrected chi connectivity index (χ3v) is 7.88. The molecular weight excluding hydrogens is 470 g/mol. The first-order chi connectivity index (χ1) is 18.0. The quantitative estimate of drug-likeness (QED) is 0.432. The fraction of sp³-hybridized carbons (Fsp3) is 0.429. The van der Waals surface area contributed by atoms with Gasteiger partial charge in [0.1, 0.15) is 11.7 Å². The Morgan fingerprint density at radius 3 is 2.76 bits per heavy atom. The van der Waals surface area contributed by atoms with Crippen molar-refractivity contribution < 1.29 is 19.4 Å². The van der Waals surface area contributed by atoms with Crippen molar-refractivity contribution in [2.45, 2.75) is 50.2 Å². The summed E-state index contributed by atoms with van der Waals surface area (Å²) in [6, 6.07) is 8.37. The van der Waals surface area contributed by atoms with Gasteiger partial charge in [0.05, 0.1) is 30.5 Å². The average molecular weight is 500 g/mol. The number of H-pyrrole nitrogens is 1. The summed E-state index contributed by atoms with van der Waals surface area (Å²) in [5, 5.41) is 20.5. The number of carbonyl (C=O) groups is 1. The number of ether oxygens (including phenoxy) is 2. The van der Waals surface area contributed by atoms with Crippen LogP contribution in [0.1, 0.15) is 43.0 Å². The molecule has 9 nitrogen and oxygen atoms in total. The third kappa shape index (κ3) is 3.93. The monoisotopic (exact) mass is 499 g/mol. The molecule has 0 spiro atoms. The second kappa shape index (κ2) is 8.49. The van der Waals surface area contributed by atoms with E-state index in [1.54, 1.807) is 4.90 Å². The van der Waals surface area contributed by atoms with Crippen molar-refractivity contribution in [2.24, 2.45) is 0 Å².